The van der Waals surface area contributed by atoms with E-state index in [1.54, 1.807) is 34.5 Å². The third-order valence-electron chi connectivity index (χ3n) is 6.63. The van der Waals surface area contributed by atoms with Crippen molar-refractivity contribution in [2.24, 2.45) is 7.05 Å². The molecule has 1 fully saturated rings. The summed E-state index contributed by atoms with van der Waals surface area (Å²) in [6, 6.07) is 7.30. The predicted molar refractivity (Wildman–Crippen MR) is 128 cm³/mol. The summed E-state index contributed by atoms with van der Waals surface area (Å²) in [6.45, 7) is 0.829. The van der Waals surface area contributed by atoms with Crippen LogP contribution in [-0.2, 0) is 33.0 Å². The number of carbonyl (C=O) groups excluding carboxylic acids is 1. The molecule has 0 spiro atoms. The maximum atomic E-state index is 13.8. The number of rotatable bonds is 7. The molecule has 0 saturated carbocycles. The Morgan fingerprint density at radius 2 is 1.97 bits per heavy atom. The van der Waals surface area contributed by atoms with Crippen LogP contribution in [0.25, 0.3) is 27.7 Å². The summed E-state index contributed by atoms with van der Waals surface area (Å²) >= 11 is 0. The Morgan fingerprint density at radius 3 is 2.71 bits per heavy atom. The largest absolute Gasteiger partial charge is 0.381 e. The first-order valence-corrected chi connectivity index (χ1v) is 12.8. The lowest BCUT2D eigenvalue weighted by Gasteiger charge is -2.31. The number of pyridine rings is 1. The van der Waals surface area contributed by atoms with Crippen molar-refractivity contribution in [2.45, 2.75) is 36.7 Å². The van der Waals surface area contributed by atoms with Crippen LogP contribution in [0.5, 0.6) is 0 Å². The van der Waals surface area contributed by atoms with Crippen molar-refractivity contribution < 1.29 is 17.9 Å². The molecule has 34 heavy (non-hydrogen) atoms. The number of ether oxygens (including phenoxy) is 1. The number of piperidine rings is 1. The van der Waals surface area contributed by atoms with E-state index in [1.807, 2.05) is 36.0 Å². The van der Waals surface area contributed by atoms with Gasteiger partial charge >= 0.3 is 0 Å². The van der Waals surface area contributed by atoms with Crippen molar-refractivity contribution in [1.29, 1.82) is 0 Å². The van der Waals surface area contributed by atoms with Crippen molar-refractivity contribution >= 4 is 32.9 Å². The Morgan fingerprint density at radius 1 is 1.18 bits per heavy atom. The van der Waals surface area contributed by atoms with Crippen molar-refractivity contribution in [1.82, 2.24) is 23.5 Å². The molecule has 0 bridgehead atoms. The molecule has 1 saturated heterocycles. The van der Waals surface area contributed by atoms with Gasteiger partial charge in [-0.15, -0.1) is 0 Å². The molecule has 1 aromatic carbocycles. The lowest BCUT2D eigenvalue weighted by Crippen LogP contribution is -2.40. The van der Waals surface area contributed by atoms with E-state index in [0.29, 0.717) is 49.9 Å². The number of nitrogens with zero attached hydrogens (tertiary/aromatic N) is 5. The third-order valence-corrected chi connectivity index (χ3v) is 8.57. The van der Waals surface area contributed by atoms with Gasteiger partial charge in [0, 0.05) is 45.4 Å². The summed E-state index contributed by atoms with van der Waals surface area (Å²) in [5.74, 6) is 0. The number of aromatic nitrogens is 4. The second-order valence-corrected chi connectivity index (χ2v) is 10.5. The maximum absolute atomic E-state index is 13.8. The topological polar surface area (TPSA) is 98.8 Å². The van der Waals surface area contributed by atoms with Crippen molar-refractivity contribution in [3.05, 3.63) is 48.5 Å². The molecule has 4 aromatic rings. The molecule has 10 heteroatoms. The van der Waals surface area contributed by atoms with Crippen LogP contribution in [0.15, 0.2) is 47.9 Å². The second-order valence-electron chi connectivity index (χ2n) is 8.62. The molecule has 1 aliphatic heterocycles. The number of methoxy groups -OCH3 is 1. The van der Waals surface area contributed by atoms with E-state index in [-0.39, 0.29) is 11.0 Å². The Labute approximate surface area is 198 Å². The molecular weight excluding hydrogens is 454 g/mol. The van der Waals surface area contributed by atoms with Crippen LogP contribution in [0.4, 0.5) is 0 Å². The van der Waals surface area contributed by atoms with E-state index in [2.05, 4.69) is 10.1 Å². The normalized spacial score (nSPS) is 15.9. The van der Waals surface area contributed by atoms with E-state index < -0.39 is 10.0 Å². The van der Waals surface area contributed by atoms with Gasteiger partial charge in [-0.1, -0.05) is 0 Å². The SMILES string of the molecule is COC1CCN(S(=O)(=O)c2ccc3c(ncn3C)c2-c2ccn3ncc(CCC=O)c3c2)CC1. The van der Waals surface area contributed by atoms with Crippen LogP contribution in [0.3, 0.4) is 0 Å². The fourth-order valence-electron chi connectivity index (χ4n) is 4.72. The van der Waals surface area contributed by atoms with Crippen LogP contribution < -0.4 is 0 Å². The van der Waals surface area contributed by atoms with E-state index in [9.17, 15) is 13.2 Å². The number of hydrogen-bond acceptors (Lipinski definition) is 6. The fourth-order valence-corrected chi connectivity index (χ4v) is 6.40. The minimum absolute atomic E-state index is 0.0817. The van der Waals surface area contributed by atoms with Gasteiger partial charge in [-0.2, -0.15) is 9.40 Å². The van der Waals surface area contributed by atoms with Crippen LogP contribution in [0.2, 0.25) is 0 Å². The first kappa shape index (κ1) is 22.7. The van der Waals surface area contributed by atoms with E-state index in [1.165, 1.54) is 0 Å². The van der Waals surface area contributed by atoms with E-state index in [4.69, 9.17) is 4.74 Å². The van der Waals surface area contributed by atoms with Crippen LogP contribution in [0.1, 0.15) is 24.8 Å². The molecule has 4 heterocycles. The van der Waals surface area contributed by atoms with Crippen LogP contribution >= 0.6 is 0 Å². The van der Waals surface area contributed by atoms with Crippen molar-refractivity contribution in [3.63, 3.8) is 0 Å². The quantitative estimate of drug-likeness (QED) is 0.377. The molecule has 0 amide bonds. The molecule has 0 radical (unpaired) electrons. The number of fused-ring (bicyclic) bond motifs is 2. The molecule has 0 unspecified atom stereocenters. The predicted octanol–water partition coefficient (Wildman–Crippen LogP) is 2.82. The minimum atomic E-state index is -3.76. The zero-order chi connectivity index (χ0) is 23.9. The summed E-state index contributed by atoms with van der Waals surface area (Å²) in [4.78, 5) is 15.7. The van der Waals surface area contributed by atoms with Gasteiger partial charge in [0.1, 0.15) is 6.29 Å². The minimum Gasteiger partial charge on any atom is -0.381 e. The van der Waals surface area contributed by atoms with E-state index >= 15 is 0 Å². The number of hydrogen-bond donors (Lipinski definition) is 0. The molecular formula is C24H27N5O4S. The number of aryl methyl sites for hydroxylation is 2. The molecule has 9 nitrogen and oxygen atoms in total. The number of aldehydes is 1. The average Bonchev–Trinajstić information content (AvgIpc) is 3.45. The summed E-state index contributed by atoms with van der Waals surface area (Å²) in [5, 5.41) is 4.38. The van der Waals surface area contributed by atoms with Gasteiger partial charge in [0.15, 0.2) is 0 Å². The second kappa shape index (κ2) is 8.94. The summed E-state index contributed by atoms with van der Waals surface area (Å²) in [6.07, 6.45) is 8.54. The highest BCUT2D eigenvalue weighted by molar-refractivity contribution is 7.89. The fraction of sp³-hybridized carbons (Fsp3) is 0.375. The van der Waals surface area contributed by atoms with E-state index in [0.717, 1.165) is 28.4 Å². The first-order chi connectivity index (χ1) is 16.4. The first-order valence-electron chi connectivity index (χ1n) is 11.3. The zero-order valence-electron chi connectivity index (χ0n) is 19.2. The lowest BCUT2D eigenvalue weighted by atomic mass is 10.0. The van der Waals surface area contributed by atoms with Gasteiger partial charge in [0.25, 0.3) is 0 Å². The van der Waals surface area contributed by atoms with Crippen molar-refractivity contribution in [2.75, 3.05) is 20.2 Å². The highest BCUT2D eigenvalue weighted by Crippen LogP contribution is 2.37. The van der Waals surface area contributed by atoms with Gasteiger partial charge in [-0.25, -0.2) is 17.9 Å². The highest BCUT2D eigenvalue weighted by atomic mass is 32.2. The van der Waals surface area contributed by atoms with Gasteiger partial charge in [0.2, 0.25) is 10.0 Å². The Kier molecular flexibility index (Phi) is 5.97. The highest BCUT2D eigenvalue weighted by Gasteiger charge is 2.32. The maximum Gasteiger partial charge on any atom is 0.243 e. The Hall–Kier alpha value is -3.08. The van der Waals surface area contributed by atoms with Crippen LogP contribution in [0, 0.1) is 0 Å². The number of carbonyl (C=O) groups is 1. The molecule has 178 valence electrons. The standard InChI is InChI=1S/C24H27N5O4S/c1-27-16-25-24-20(27)5-6-22(34(31,32)28-10-8-19(33-2)9-11-28)23(24)17-7-12-29-21(14-17)18(15-26-29)4-3-13-30/h5-7,12-16,19H,3-4,8-11H2,1-2H3. The molecule has 5 rings (SSSR count). The van der Waals surface area contributed by atoms with Gasteiger partial charge in [0.05, 0.1) is 40.1 Å². The molecule has 1 aliphatic rings. The number of sulfonamides is 1. The average molecular weight is 482 g/mol. The summed E-state index contributed by atoms with van der Waals surface area (Å²) in [7, 11) is -0.205. The van der Waals surface area contributed by atoms with Gasteiger partial charge in [-0.05, 0) is 54.7 Å². The smallest absolute Gasteiger partial charge is 0.243 e. The summed E-state index contributed by atoms with van der Waals surface area (Å²) < 4.78 is 38.3. The number of benzene rings is 1. The molecule has 0 N–H and O–H groups in total. The summed E-state index contributed by atoms with van der Waals surface area (Å²) in [5.41, 5.74) is 4.59. The molecule has 0 atom stereocenters. The zero-order valence-corrected chi connectivity index (χ0v) is 20.0. The van der Waals surface area contributed by atoms with Gasteiger partial charge < -0.3 is 14.1 Å². The Balaban J connectivity index is 1.67. The van der Waals surface area contributed by atoms with Crippen molar-refractivity contribution in [3.8, 4) is 11.1 Å². The van der Waals surface area contributed by atoms with Crippen LogP contribution in [-0.4, -0.2) is 64.5 Å². The molecule has 0 aliphatic carbocycles. The molecule has 3 aromatic heterocycles. The third kappa shape index (κ3) is 3.81. The lowest BCUT2D eigenvalue weighted by molar-refractivity contribution is -0.107. The Bertz CT molecular complexity index is 1470. The number of imidazole rings is 1. The monoisotopic (exact) mass is 481 g/mol. The van der Waals surface area contributed by atoms with Gasteiger partial charge in [-0.3, -0.25) is 0 Å².